The van der Waals surface area contributed by atoms with Gasteiger partial charge in [0.05, 0.1) is 6.61 Å². The van der Waals surface area contributed by atoms with E-state index in [1.54, 1.807) is 11.0 Å². The zero-order valence-corrected chi connectivity index (χ0v) is 10.6. The fourth-order valence-electron chi connectivity index (χ4n) is 1.62. The van der Waals surface area contributed by atoms with E-state index in [-0.39, 0.29) is 18.7 Å². The molecule has 0 aromatic rings. The first kappa shape index (κ1) is 15.0. The van der Waals surface area contributed by atoms with Crippen molar-refractivity contribution in [2.45, 2.75) is 33.2 Å². The Bertz CT molecular complexity index is 217. The molecular weight excluding hydrogens is 204 g/mol. The van der Waals surface area contributed by atoms with Gasteiger partial charge in [-0.1, -0.05) is 19.9 Å². The number of hydrogen-bond donors (Lipinski definition) is 2. The Kier molecular flexibility index (Phi) is 7.64. The van der Waals surface area contributed by atoms with Crippen LogP contribution < -0.4 is 5.32 Å². The molecule has 0 fully saturated rings. The summed E-state index contributed by atoms with van der Waals surface area (Å²) in [5.41, 5.74) is 0. The molecule has 0 saturated heterocycles. The Balaban J connectivity index is 4.12. The van der Waals surface area contributed by atoms with Crippen molar-refractivity contribution in [1.82, 2.24) is 10.2 Å². The second-order valence-corrected chi connectivity index (χ2v) is 4.44. The van der Waals surface area contributed by atoms with E-state index >= 15 is 0 Å². The Morgan fingerprint density at radius 1 is 1.50 bits per heavy atom. The molecular formula is C12H24N2O2. The summed E-state index contributed by atoms with van der Waals surface area (Å²) in [6.45, 7) is 10.6. The van der Waals surface area contributed by atoms with Crippen LogP contribution in [0.25, 0.3) is 0 Å². The maximum absolute atomic E-state index is 11.8. The SMILES string of the molecule is C=CCN(CCO)C(=O)NC(C)CC(C)C. The molecule has 16 heavy (non-hydrogen) atoms. The molecule has 0 radical (unpaired) electrons. The van der Waals surface area contributed by atoms with Crippen molar-refractivity contribution in [3.63, 3.8) is 0 Å². The topological polar surface area (TPSA) is 52.6 Å². The molecule has 2 amide bonds. The van der Waals surface area contributed by atoms with Crippen molar-refractivity contribution in [3.05, 3.63) is 12.7 Å². The highest BCUT2D eigenvalue weighted by Crippen LogP contribution is 2.04. The Labute approximate surface area is 98.3 Å². The molecule has 0 rings (SSSR count). The summed E-state index contributed by atoms with van der Waals surface area (Å²) in [6.07, 6.45) is 2.61. The lowest BCUT2D eigenvalue weighted by Crippen LogP contribution is -2.45. The van der Waals surface area contributed by atoms with E-state index in [9.17, 15) is 4.79 Å². The van der Waals surface area contributed by atoms with Gasteiger partial charge in [0.1, 0.15) is 0 Å². The molecule has 4 heteroatoms. The molecule has 0 aromatic carbocycles. The van der Waals surface area contributed by atoms with E-state index in [4.69, 9.17) is 5.11 Å². The second kappa shape index (κ2) is 8.16. The number of aliphatic hydroxyl groups is 1. The van der Waals surface area contributed by atoms with Crippen LogP contribution >= 0.6 is 0 Å². The van der Waals surface area contributed by atoms with E-state index in [0.29, 0.717) is 19.0 Å². The Morgan fingerprint density at radius 3 is 2.56 bits per heavy atom. The maximum Gasteiger partial charge on any atom is 0.317 e. The molecule has 0 saturated carbocycles. The highest BCUT2D eigenvalue weighted by Gasteiger charge is 2.14. The van der Waals surface area contributed by atoms with Gasteiger partial charge in [-0.2, -0.15) is 0 Å². The van der Waals surface area contributed by atoms with Crippen LogP contribution in [-0.4, -0.2) is 41.8 Å². The summed E-state index contributed by atoms with van der Waals surface area (Å²) in [7, 11) is 0. The third-order valence-corrected chi connectivity index (χ3v) is 2.20. The minimum atomic E-state index is -0.137. The van der Waals surface area contributed by atoms with Crippen molar-refractivity contribution in [2.75, 3.05) is 19.7 Å². The van der Waals surface area contributed by atoms with Gasteiger partial charge < -0.3 is 15.3 Å². The molecule has 0 aliphatic carbocycles. The first-order chi connectivity index (χ1) is 7.51. The van der Waals surface area contributed by atoms with Gasteiger partial charge in [-0.15, -0.1) is 6.58 Å². The van der Waals surface area contributed by atoms with Gasteiger partial charge in [-0.3, -0.25) is 0 Å². The molecule has 0 aliphatic heterocycles. The largest absolute Gasteiger partial charge is 0.395 e. The molecule has 1 atom stereocenters. The molecule has 94 valence electrons. The third kappa shape index (κ3) is 6.45. The molecule has 2 N–H and O–H groups in total. The number of nitrogens with zero attached hydrogens (tertiary/aromatic N) is 1. The Morgan fingerprint density at radius 2 is 2.12 bits per heavy atom. The van der Waals surface area contributed by atoms with E-state index in [2.05, 4.69) is 25.7 Å². The zero-order valence-electron chi connectivity index (χ0n) is 10.6. The fourth-order valence-corrected chi connectivity index (χ4v) is 1.62. The van der Waals surface area contributed by atoms with Gasteiger partial charge in [-0.05, 0) is 19.3 Å². The van der Waals surface area contributed by atoms with Gasteiger partial charge in [0.25, 0.3) is 0 Å². The number of carbonyl (C=O) groups is 1. The summed E-state index contributed by atoms with van der Waals surface area (Å²) in [6, 6.07) is 0.0145. The molecule has 0 heterocycles. The molecule has 0 aromatic heterocycles. The standard InChI is InChI=1S/C12H24N2O2/c1-5-6-14(7-8-15)12(16)13-11(4)9-10(2)3/h5,10-11,15H,1,6-9H2,2-4H3,(H,13,16). The number of carbonyl (C=O) groups excluding carboxylic acids is 1. The first-order valence-electron chi connectivity index (χ1n) is 5.78. The predicted molar refractivity (Wildman–Crippen MR) is 66.3 cm³/mol. The highest BCUT2D eigenvalue weighted by atomic mass is 16.3. The molecule has 0 bridgehead atoms. The normalized spacial score (nSPS) is 12.3. The van der Waals surface area contributed by atoms with E-state index in [1.807, 2.05) is 6.92 Å². The fraction of sp³-hybridized carbons (Fsp3) is 0.750. The minimum Gasteiger partial charge on any atom is -0.395 e. The molecule has 4 nitrogen and oxygen atoms in total. The summed E-state index contributed by atoms with van der Waals surface area (Å²) in [4.78, 5) is 13.3. The van der Waals surface area contributed by atoms with Crippen molar-refractivity contribution in [1.29, 1.82) is 0 Å². The van der Waals surface area contributed by atoms with Crippen molar-refractivity contribution >= 4 is 6.03 Å². The van der Waals surface area contributed by atoms with Crippen LogP contribution in [0.5, 0.6) is 0 Å². The van der Waals surface area contributed by atoms with Crippen LogP contribution in [0.3, 0.4) is 0 Å². The smallest absolute Gasteiger partial charge is 0.317 e. The highest BCUT2D eigenvalue weighted by molar-refractivity contribution is 5.74. The third-order valence-electron chi connectivity index (χ3n) is 2.20. The van der Waals surface area contributed by atoms with Crippen LogP contribution in [0, 0.1) is 5.92 Å². The summed E-state index contributed by atoms with van der Waals surface area (Å²) in [5.74, 6) is 0.556. The lowest BCUT2D eigenvalue weighted by molar-refractivity contribution is 0.180. The minimum absolute atomic E-state index is 0.0280. The van der Waals surface area contributed by atoms with Crippen LogP contribution in [0.2, 0.25) is 0 Å². The molecule has 1 unspecified atom stereocenters. The number of amides is 2. The zero-order chi connectivity index (χ0) is 12.6. The first-order valence-corrected chi connectivity index (χ1v) is 5.78. The molecule has 0 aliphatic rings. The van der Waals surface area contributed by atoms with Crippen molar-refractivity contribution < 1.29 is 9.90 Å². The van der Waals surface area contributed by atoms with Gasteiger partial charge >= 0.3 is 6.03 Å². The summed E-state index contributed by atoms with van der Waals surface area (Å²) >= 11 is 0. The van der Waals surface area contributed by atoms with E-state index in [0.717, 1.165) is 6.42 Å². The van der Waals surface area contributed by atoms with Crippen molar-refractivity contribution in [3.8, 4) is 0 Å². The maximum atomic E-state index is 11.8. The predicted octanol–water partition coefficient (Wildman–Crippen LogP) is 1.61. The second-order valence-electron chi connectivity index (χ2n) is 4.44. The van der Waals surface area contributed by atoms with Crippen LogP contribution in [0.15, 0.2) is 12.7 Å². The molecule has 0 spiro atoms. The summed E-state index contributed by atoms with van der Waals surface area (Å²) in [5, 5.41) is 11.7. The van der Waals surface area contributed by atoms with Gasteiger partial charge in [0.2, 0.25) is 0 Å². The van der Waals surface area contributed by atoms with Gasteiger partial charge in [0.15, 0.2) is 0 Å². The Hall–Kier alpha value is -1.03. The number of aliphatic hydroxyl groups excluding tert-OH is 1. The number of nitrogens with one attached hydrogen (secondary N) is 1. The number of rotatable bonds is 7. The average molecular weight is 228 g/mol. The van der Waals surface area contributed by atoms with Crippen LogP contribution in [0.4, 0.5) is 4.79 Å². The number of urea groups is 1. The lowest BCUT2D eigenvalue weighted by Gasteiger charge is -2.24. The quantitative estimate of drug-likeness (QED) is 0.650. The van der Waals surface area contributed by atoms with Crippen LogP contribution in [0.1, 0.15) is 27.2 Å². The lowest BCUT2D eigenvalue weighted by atomic mass is 10.1. The van der Waals surface area contributed by atoms with E-state index < -0.39 is 0 Å². The average Bonchev–Trinajstić information content (AvgIpc) is 2.15. The number of hydrogen-bond acceptors (Lipinski definition) is 2. The monoisotopic (exact) mass is 228 g/mol. The van der Waals surface area contributed by atoms with Gasteiger partial charge in [-0.25, -0.2) is 4.79 Å². The van der Waals surface area contributed by atoms with E-state index in [1.165, 1.54) is 0 Å². The summed E-state index contributed by atoms with van der Waals surface area (Å²) < 4.78 is 0. The van der Waals surface area contributed by atoms with Crippen LogP contribution in [-0.2, 0) is 0 Å². The van der Waals surface area contributed by atoms with Gasteiger partial charge in [0, 0.05) is 19.1 Å². The van der Waals surface area contributed by atoms with Crippen molar-refractivity contribution in [2.24, 2.45) is 5.92 Å².